The first-order valence-corrected chi connectivity index (χ1v) is 15.2. The maximum absolute atomic E-state index is 14.3. The number of nitrogens with one attached hydrogen (secondary N) is 2. The Morgan fingerprint density at radius 3 is 1.91 bits per heavy atom. The zero-order valence-corrected chi connectivity index (χ0v) is 26.4. The summed E-state index contributed by atoms with van der Waals surface area (Å²) >= 11 is 0. The monoisotopic (exact) mass is 649 g/mol. The highest BCUT2D eigenvalue weighted by atomic mass is 19.1. The van der Waals surface area contributed by atoms with Gasteiger partial charge in [0.1, 0.15) is 0 Å². The highest BCUT2D eigenvalue weighted by Crippen LogP contribution is 2.28. The van der Waals surface area contributed by atoms with Crippen molar-refractivity contribution in [2.24, 2.45) is 0 Å². The smallest absolute Gasteiger partial charge is 0.336 e. The van der Waals surface area contributed by atoms with Crippen LogP contribution in [0.1, 0.15) is 64.2 Å². The van der Waals surface area contributed by atoms with Crippen molar-refractivity contribution < 1.29 is 43.9 Å². The number of halogens is 1. The number of hydrogen-bond acceptors (Lipinski definition) is 12. The first-order valence-electron chi connectivity index (χ1n) is 15.2. The molecule has 2 heterocycles. The van der Waals surface area contributed by atoms with Crippen molar-refractivity contribution in [3.63, 3.8) is 0 Å². The van der Waals surface area contributed by atoms with Crippen LogP contribution in [0.5, 0.6) is 5.75 Å². The fourth-order valence-corrected chi connectivity index (χ4v) is 5.28. The van der Waals surface area contributed by atoms with Gasteiger partial charge in [0, 0.05) is 30.9 Å². The van der Waals surface area contributed by atoms with Gasteiger partial charge in [0.05, 0.1) is 20.0 Å². The van der Waals surface area contributed by atoms with Crippen LogP contribution in [0.15, 0.2) is 18.2 Å². The quantitative estimate of drug-likeness (QED) is 0.182. The minimum atomic E-state index is -2.74. The van der Waals surface area contributed by atoms with Gasteiger partial charge in [-0.3, -0.25) is 9.59 Å². The van der Waals surface area contributed by atoms with Crippen molar-refractivity contribution in [2.75, 3.05) is 49.8 Å². The molecule has 1 saturated heterocycles. The molecule has 1 aromatic carbocycles. The molecule has 0 spiro atoms. The van der Waals surface area contributed by atoms with Crippen LogP contribution in [0, 0.1) is 5.82 Å². The average molecular weight is 650 g/mol. The number of benzene rings is 1. The molecule has 16 heteroatoms. The molecule has 2 aliphatic rings. The molecule has 1 aromatic heterocycles. The van der Waals surface area contributed by atoms with Crippen molar-refractivity contribution in [2.45, 2.75) is 81.9 Å². The number of nitrogens with zero attached hydrogens (tertiary/aromatic N) is 5. The van der Waals surface area contributed by atoms with Crippen molar-refractivity contribution in [3.05, 3.63) is 24.0 Å². The number of piperidine rings is 1. The lowest BCUT2D eigenvalue weighted by atomic mass is 9.96. The van der Waals surface area contributed by atoms with Gasteiger partial charge in [0.2, 0.25) is 17.8 Å². The third-order valence-electron chi connectivity index (χ3n) is 7.97. The summed E-state index contributed by atoms with van der Waals surface area (Å²) in [6.07, 6.45) is 7.07. The molecule has 46 heavy (non-hydrogen) atoms. The van der Waals surface area contributed by atoms with E-state index < -0.39 is 42.2 Å². The van der Waals surface area contributed by atoms with E-state index in [0.29, 0.717) is 35.6 Å². The Morgan fingerprint density at radius 2 is 1.46 bits per heavy atom. The van der Waals surface area contributed by atoms with Crippen LogP contribution in [-0.2, 0) is 14.4 Å². The summed E-state index contributed by atoms with van der Waals surface area (Å²) in [6, 6.07) is 5.54. The van der Waals surface area contributed by atoms with Crippen LogP contribution in [0.2, 0.25) is 0 Å². The van der Waals surface area contributed by atoms with E-state index >= 15 is 0 Å². The van der Waals surface area contributed by atoms with Crippen LogP contribution in [0.4, 0.5) is 27.9 Å². The molecular formula is C30H44FN7O8. The first-order chi connectivity index (χ1) is 21.8. The topological polar surface area (TPSA) is 211 Å². The molecule has 254 valence electrons. The van der Waals surface area contributed by atoms with Crippen molar-refractivity contribution in [3.8, 4) is 5.75 Å². The van der Waals surface area contributed by atoms with Gasteiger partial charge < -0.3 is 45.6 Å². The van der Waals surface area contributed by atoms with E-state index in [1.165, 1.54) is 38.9 Å². The third kappa shape index (κ3) is 10.9. The minimum Gasteiger partial charge on any atom is -0.494 e. The summed E-state index contributed by atoms with van der Waals surface area (Å²) in [4.78, 5) is 48.7. The lowest BCUT2D eigenvalue weighted by Crippen LogP contribution is -2.42. The maximum atomic E-state index is 14.3. The van der Waals surface area contributed by atoms with E-state index in [1.807, 2.05) is 7.05 Å². The van der Waals surface area contributed by atoms with E-state index in [-0.39, 0.29) is 5.75 Å². The Balaban J connectivity index is 0.000000376. The van der Waals surface area contributed by atoms with Crippen LogP contribution in [0.3, 0.4) is 0 Å². The summed E-state index contributed by atoms with van der Waals surface area (Å²) in [5, 5.41) is 40.9. The Morgan fingerprint density at radius 1 is 0.935 bits per heavy atom. The number of methoxy groups -OCH3 is 1. The number of anilines is 4. The summed E-state index contributed by atoms with van der Waals surface area (Å²) in [5.74, 6) is -3.62. The number of likely N-dealkylation sites (tertiary alicyclic amines) is 1. The lowest BCUT2D eigenvalue weighted by molar-refractivity contribution is -0.170. The molecule has 6 N–H and O–H groups in total. The molecule has 0 bridgehead atoms. The second-order valence-electron chi connectivity index (χ2n) is 11.7. The summed E-state index contributed by atoms with van der Waals surface area (Å²) < 4.78 is 19.4. The van der Waals surface area contributed by atoms with Crippen LogP contribution in [-0.4, -0.2) is 110 Å². The number of aromatic nitrogens is 3. The van der Waals surface area contributed by atoms with Gasteiger partial charge >= 0.3 is 17.9 Å². The fraction of sp³-hybridized carbons (Fsp3) is 0.600. The van der Waals surface area contributed by atoms with E-state index in [0.717, 1.165) is 38.8 Å². The molecule has 1 aliphatic heterocycles. The van der Waals surface area contributed by atoms with Gasteiger partial charge in [-0.2, -0.15) is 15.0 Å². The summed E-state index contributed by atoms with van der Waals surface area (Å²) in [7, 11) is 5.44. The number of carbonyl (C=O) groups is 3. The first kappa shape index (κ1) is 36.2. The SMILES string of the molecule is COc1ccc(N(C)c2nc(NC3CCCCCC3)nc(NC3CCN(C)CC3)n2)cc1F.O=C(O)CC(O)(CC(=O)O)C(=O)O. The van der Waals surface area contributed by atoms with E-state index in [9.17, 15) is 18.8 Å². The maximum Gasteiger partial charge on any atom is 0.336 e. The predicted octanol–water partition coefficient (Wildman–Crippen LogP) is 3.18. The Kier molecular flexibility index (Phi) is 13.2. The van der Waals surface area contributed by atoms with Crippen molar-refractivity contribution in [1.29, 1.82) is 0 Å². The standard InChI is InChI=1S/C24H36FN7O.C6H8O7/c1-31-14-12-18(13-15-31)27-23-28-22(26-17-8-6-4-5-7-9-17)29-24(30-23)32(2)19-10-11-21(33-3)20(25)16-19;7-3(8)1-6(13,5(11)12)2-4(9)10/h10-11,16-18H,4-9,12-15H2,1-3H3,(H2,26,27,28,29,30);13H,1-2H2,(H,7,8)(H,9,10)(H,11,12). The van der Waals surface area contributed by atoms with Gasteiger partial charge in [-0.05, 0) is 58.0 Å². The largest absolute Gasteiger partial charge is 0.494 e. The number of aliphatic carboxylic acids is 3. The molecule has 0 radical (unpaired) electrons. The Labute approximate surface area is 266 Å². The van der Waals surface area contributed by atoms with E-state index in [2.05, 4.69) is 22.6 Å². The molecule has 0 atom stereocenters. The zero-order valence-electron chi connectivity index (χ0n) is 26.4. The zero-order chi connectivity index (χ0) is 33.9. The molecular weight excluding hydrogens is 605 g/mol. The van der Waals surface area contributed by atoms with Crippen LogP contribution in [0.25, 0.3) is 0 Å². The molecule has 0 unspecified atom stereocenters. The number of carboxylic acids is 3. The second kappa shape index (κ2) is 16.8. The molecule has 4 rings (SSSR count). The van der Waals surface area contributed by atoms with Crippen LogP contribution >= 0.6 is 0 Å². The van der Waals surface area contributed by atoms with E-state index in [4.69, 9.17) is 40.1 Å². The molecule has 2 aromatic rings. The van der Waals surface area contributed by atoms with Crippen molar-refractivity contribution in [1.82, 2.24) is 19.9 Å². The highest BCUT2D eigenvalue weighted by Gasteiger charge is 2.40. The summed E-state index contributed by atoms with van der Waals surface area (Å²) in [5.41, 5.74) is -2.09. The third-order valence-corrected chi connectivity index (χ3v) is 7.97. The van der Waals surface area contributed by atoms with Crippen LogP contribution < -0.4 is 20.3 Å². The molecule has 1 aliphatic carbocycles. The van der Waals surface area contributed by atoms with Gasteiger partial charge in [-0.25, -0.2) is 9.18 Å². The van der Waals surface area contributed by atoms with Gasteiger partial charge in [-0.15, -0.1) is 0 Å². The van der Waals surface area contributed by atoms with Gasteiger partial charge in [0.25, 0.3) is 0 Å². The molecule has 15 nitrogen and oxygen atoms in total. The number of ether oxygens (including phenoxy) is 1. The van der Waals surface area contributed by atoms with Gasteiger partial charge in [0.15, 0.2) is 17.2 Å². The Hall–Kier alpha value is -4.31. The van der Waals surface area contributed by atoms with Gasteiger partial charge in [-0.1, -0.05) is 25.7 Å². The summed E-state index contributed by atoms with van der Waals surface area (Å²) in [6.45, 7) is 2.10. The molecule has 0 amide bonds. The normalized spacial score (nSPS) is 16.4. The molecule has 2 fully saturated rings. The number of rotatable bonds is 12. The van der Waals surface area contributed by atoms with E-state index in [1.54, 1.807) is 17.0 Å². The number of aliphatic hydroxyl groups is 1. The molecule has 1 saturated carbocycles. The lowest BCUT2D eigenvalue weighted by Gasteiger charge is -2.29. The average Bonchev–Trinajstić information content (AvgIpc) is 3.26. The second-order valence-corrected chi connectivity index (χ2v) is 11.7. The Bertz CT molecular complexity index is 1320. The number of carboxylic acid groups (broad SMARTS) is 3. The minimum absolute atomic E-state index is 0.211. The fourth-order valence-electron chi connectivity index (χ4n) is 5.28. The predicted molar refractivity (Wildman–Crippen MR) is 167 cm³/mol. The number of hydrogen-bond donors (Lipinski definition) is 6. The highest BCUT2D eigenvalue weighted by molar-refractivity contribution is 5.88. The van der Waals surface area contributed by atoms with Crippen molar-refractivity contribution >= 4 is 41.4 Å².